The van der Waals surface area contributed by atoms with Crippen molar-refractivity contribution in [1.29, 1.82) is 0 Å². The Morgan fingerprint density at radius 2 is 0.963 bits per heavy atom. The number of hydrogen-bond donors (Lipinski definition) is 0. The van der Waals surface area contributed by atoms with Crippen LogP contribution in [0.5, 0.6) is 0 Å². The molecule has 0 aliphatic rings. The summed E-state index contributed by atoms with van der Waals surface area (Å²) in [6.07, 6.45) is 0. The van der Waals surface area contributed by atoms with Crippen molar-refractivity contribution in [2.75, 3.05) is 0 Å². The molecule has 12 rings (SSSR count). The molecule has 12 aromatic rings. The first-order valence-corrected chi connectivity index (χ1v) is 18.4. The second kappa shape index (κ2) is 11.1. The molecule has 250 valence electrons. The van der Waals surface area contributed by atoms with Crippen LogP contribution in [-0.4, -0.2) is 19.1 Å². The van der Waals surface area contributed by atoms with Crippen molar-refractivity contribution in [1.82, 2.24) is 19.1 Å². The molecule has 0 saturated carbocycles. The molecule has 0 bridgehead atoms. The molecule has 9 aromatic carbocycles. The molecule has 0 fully saturated rings. The maximum atomic E-state index is 5.60. The Morgan fingerprint density at radius 1 is 0.352 bits per heavy atom. The molecule has 0 spiro atoms. The van der Waals surface area contributed by atoms with Gasteiger partial charge in [0.15, 0.2) is 0 Å². The monoisotopic (exact) mass is 686 g/mol. The topological polar surface area (TPSA) is 35.6 Å². The van der Waals surface area contributed by atoms with E-state index < -0.39 is 0 Å². The Labute approximate surface area is 309 Å². The van der Waals surface area contributed by atoms with E-state index >= 15 is 0 Å². The zero-order chi connectivity index (χ0) is 35.3. The lowest BCUT2D eigenvalue weighted by Crippen LogP contribution is -2.04. The van der Waals surface area contributed by atoms with Crippen molar-refractivity contribution >= 4 is 86.8 Å². The summed E-state index contributed by atoms with van der Waals surface area (Å²) < 4.78 is 4.70. The Balaban J connectivity index is 1.24. The van der Waals surface area contributed by atoms with Gasteiger partial charge in [-0.15, -0.1) is 0 Å². The fourth-order valence-corrected chi connectivity index (χ4v) is 9.00. The summed E-state index contributed by atoms with van der Waals surface area (Å²) in [5.74, 6) is 0.656. The Hall–Kier alpha value is -7.30. The molecule has 4 nitrogen and oxygen atoms in total. The van der Waals surface area contributed by atoms with Gasteiger partial charge in [-0.3, -0.25) is 4.57 Å². The standard InChI is InChI=1S/C50H30N4/c1-2-16-33(17-3-1)53-45-30-41(36-20-8-9-21-37(36)47(45)40-28-26-32-15-5-7-19-35(32)49(40)53)48-38-22-10-12-24-42(38)51-50(52-48)54-43-25-13-11-23-39(43)46-34-18-6-4-14-31(34)27-29-44(46)54/h1-30H. The molecule has 3 heterocycles. The van der Waals surface area contributed by atoms with Gasteiger partial charge < -0.3 is 4.57 Å². The van der Waals surface area contributed by atoms with Crippen LogP contribution in [0, 0.1) is 0 Å². The molecule has 3 aromatic heterocycles. The highest BCUT2D eigenvalue weighted by atomic mass is 15.2. The van der Waals surface area contributed by atoms with E-state index in [2.05, 4.69) is 191 Å². The zero-order valence-electron chi connectivity index (χ0n) is 29.1. The quantitative estimate of drug-likeness (QED) is 0.185. The van der Waals surface area contributed by atoms with Gasteiger partial charge in [-0.2, -0.15) is 0 Å². The molecule has 0 radical (unpaired) electrons. The van der Waals surface area contributed by atoms with Gasteiger partial charge in [-0.05, 0) is 63.3 Å². The third kappa shape index (κ3) is 4.02. The Kier molecular flexibility index (Phi) is 6.02. The minimum Gasteiger partial charge on any atom is -0.309 e. The largest absolute Gasteiger partial charge is 0.309 e. The van der Waals surface area contributed by atoms with Gasteiger partial charge in [0.1, 0.15) is 0 Å². The summed E-state index contributed by atoms with van der Waals surface area (Å²) in [6, 6.07) is 65.4. The molecular formula is C50H30N4. The molecular weight excluding hydrogens is 657 g/mol. The first kappa shape index (κ1) is 29.3. The molecule has 0 saturated heterocycles. The third-order valence-corrected chi connectivity index (χ3v) is 11.3. The van der Waals surface area contributed by atoms with Gasteiger partial charge in [0, 0.05) is 43.6 Å². The predicted octanol–water partition coefficient (Wildman–Crippen LogP) is 13.0. The maximum absolute atomic E-state index is 5.60. The first-order chi connectivity index (χ1) is 26.8. The van der Waals surface area contributed by atoms with Crippen LogP contribution in [0.25, 0.3) is 110 Å². The average Bonchev–Trinajstić information content (AvgIpc) is 3.77. The van der Waals surface area contributed by atoms with E-state index in [-0.39, 0.29) is 0 Å². The minimum atomic E-state index is 0.656. The van der Waals surface area contributed by atoms with E-state index in [4.69, 9.17) is 9.97 Å². The maximum Gasteiger partial charge on any atom is 0.235 e. The van der Waals surface area contributed by atoms with Gasteiger partial charge in [-0.25, -0.2) is 9.97 Å². The van der Waals surface area contributed by atoms with Crippen molar-refractivity contribution in [2.24, 2.45) is 0 Å². The minimum absolute atomic E-state index is 0.656. The SMILES string of the molecule is c1ccc(-n2c3cc(-c4nc(-n5c6ccccc6c6c7ccccc7ccc65)nc5ccccc45)c4ccccc4c3c3ccc4ccccc4c32)cc1. The lowest BCUT2D eigenvalue weighted by molar-refractivity contribution is 1.01. The summed E-state index contributed by atoms with van der Waals surface area (Å²) in [5.41, 5.74) is 8.55. The summed E-state index contributed by atoms with van der Waals surface area (Å²) in [6.45, 7) is 0. The Morgan fingerprint density at radius 3 is 1.80 bits per heavy atom. The van der Waals surface area contributed by atoms with Gasteiger partial charge in [-0.1, -0.05) is 146 Å². The lowest BCUT2D eigenvalue weighted by atomic mass is 9.95. The van der Waals surface area contributed by atoms with Crippen LogP contribution >= 0.6 is 0 Å². The normalized spacial score (nSPS) is 12.1. The highest BCUT2D eigenvalue weighted by molar-refractivity contribution is 6.28. The molecule has 0 aliphatic heterocycles. The molecule has 0 amide bonds. The van der Waals surface area contributed by atoms with E-state index in [1.165, 1.54) is 54.0 Å². The van der Waals surface area contributed by atoms with Gasteiger partial charge in [0.2, 0.25) is 5.95 Å². The van der Waals surface area contributed by atoms with E-state index in [0.29, 0.717) is 5.95 Å². The Bertz CT molecular complexity index is 3500. The van der Waals surface area contributed by atoms with E-state index in [9.17, 15) is 0 Å². The summed E-state index contributed by atoms with van der Waals surface area (Å²) >= 11 is 0. The van der Waals surface area contributed by atoms with Crippen molar-refractivity contribution in [2.45, 2.75) is 0 Å². The number of nitrogens with zero attached hydrogens (tertiary/aromatic N) is 4. The molecule has 0 N–H and O–H groups in total. The molecule has 0 aliphatic carbocycles. The molecule has 54 heavy (non-hydrogen) atoms. The number of rotatable bonds is 3. The average molecular weight is 687 g/mol. The molecule has 0 atom stereocenters. The highest BCUT2D eigenvalue weighted by Crippen LogP contribution is 2.44. The molecule has 4 heteroatoms. The third-order valence-electron chi connectivity index (χ3n) is 11.3. The number of fused-ring (bicyclic) bond motifs is 13. The number of hydrogen-bond acceptors (Lipinski definition) is 2. The lowest BCUT2D eigenvalue weighted by Gasteiger charge is -2.15. The highest BCUT2D eigenvalue weighted by Gasteiger charge is 2.23. The van der Waals surface area contributed by atoms with Crippen LogP contribution in [-0.2, 0) is 0 Å². The van der Waals surface area contributed by atoms with E-state index in [1.807, 2.05) is 0 Å². The van der Waals surface area contributed by atoms with E-state index in [1.54, 1.807) is 0 Å². The second-order valence-electron chi connectivity index (χ2n) is 14.1. The van der Waals surface area contributed by atoms with Crippen molar-refractivity contribution in [3.8, 4) is 22.9 Å². The van der Waals surface area contributed by atoms with E-state index in [0.717, 1.165) is 49.8 Å². The van der Waals surface area contributed by atoms with Gasteiger partial charge in [0.05, 0.1) is 33.3 Å². The molecule has 0 unspecified atom stereocenters. The van der Waals surface area contributed by atoms with Crippen LogP contribution in [0.1, 0.15) is 0 Å². The number of aromatic nitrogens is 4. The second-order valence-corrected chi connectivity index (χ2v) is 14.1. The van der Waals surface area contributed by atoms with Crippen molar-refractivity contribution < 1.29 is 0 Å². The fourth-order valence-electron chi connectivity index (χ4n) is 9.00. The summed E-state index contributed by atoms with van der Waals surface area (Å²) in [5, 5.41) is 13.2. The van der Waals surface area contributed by atoms with Crippen LogP contribution in [0.15, 0.2) is 182 Å². The fraction of sp³-hybridized carbons (Fsp3) is 0. The smallest absolute Gasteiger partial charge is 0.235 e. The van der Waals surface area contributed by atoms with Crippen LogP contribution in [0.3, 0.4) is 0 Å². The van der Waals surface area contributed by atoms with Crippen LogP contribution in [0.4, 0.5) is 0 Å². The first-order valence-electron chi connectivity index (χ1n) is 18.4. The van der Waals surface area contributed by atoms with Gasteiger partial charge >= 0.3 is 0 Å². The van der Waals surface area contributed by atoms with Crippen molar-refractivity contribution in [3.63, 3.8) is 0 Å². The number of para-hydroxylation sites is 3. The predicted molar refractivity (Wildman–Crippen MR) is 226 cm³/mol. The van der Waals surface area contributed by atoms with Crippen molar-refractivity contribution in [3.05, 3.63) is 182 Å². The van der Waals surface area contributed by atoms with Gasteiger partial charge in [0.25, 0.3) is 0 Å². The van der Waals surface area contributed by atoms with Crippen LogP contribution < -0.4 is 0 Å². The number of benzene rings is 9. The van der Waals surface area contributed by atoms with Crippen LogP contribution in [0.2, 0.25) is 0 Å². The zero-order valence-corrected chi connectivity index (χ0v) is 29.1. The summed E-state index contributed by atoms with van der Waals surface area (Å²) in [4.78, 5) is 10.9. The summed E-state index contributed by atoms with van der Waals surface area (Å²) in [7, 11) is 0.